The van der Waals surface area contributed by atoms with Crippen LogP contribution in [0.4, 0.5) is 4.39 Å². The molecule has 0 amide bonds. The molecule has 0 aromatic rings. The highest BCUT2D eigenvalue weighted by atomic mass is 19.1. The molecule has 56 valence electrons. The molecule has 2 atom stereocenters. The molecule has 0 aliphatic carbocycles. The first-order valence-electron chi connectivity index (χ1n) is 3.56. The average Bonchev–Trinajstić information content (AvgIpc) is 1.87. The monoisotopic (exact) mass is 133 g/mol. The minimum atomic E-state index is -0.694. The molecule has 9 heavy (non-hydrogen) atoms. The molecule has 2 heteroatoms. The second kappa shape index (κ2) is 4.74. The fourth-order valence-electron chi connectivity index (χ4n) is 0.699. The van der Waals surface area contributed by atoms with E-state index in [0.717, 1.165) is 6.42 Å². The van der Waals surface area contributed by atoms with Gasteiger partial charge in [0, 0.05) is 0 Å². The maximum Gasteiger partial charge on any atom is 0.104 e. The Morgan fingerprint density at radius 1 is 1.56 bits per heavy atom. The van der Waals surface area contributed by atoms with Crippen LogP contribution in [0.3, 0.4) is 0 Å². The number of nitrogens with two attached hydrogens (primary N) is 1. The zero-order valence-electron chi connectivity index (χ0n) is 6.23. The van der Waals surface area contributed by atoms with E-state index in [1.807, 2.05) is 13.8 Å². The molecule has 0 saturated carbocycles. The van der Waals surface area contributed by atoms with Gasteiger partial charge in [-0.2, -0.15) is 0 Å². The maximum atomic E-state index is 12.7. The first-order chi connectivity index (χ1) is 4.22. The number of hydrogen-bond donors (Lipinski definition) is 1. The first kappa shape index (κ1) is 8.89. The van der Waals surface area contributed by atoms with Crippen molar-refractivity contribution in [2.45, 2.75) is 32.9 Å². The van der Waals surface area contributed by atoms with Crippen molar-refractivity contribution in [2.75, 3.05) is 6.54 Å². The van der Waals surface area contributed by atoms with Gasteiger partial charge in [0.2, 0.25) is 0 Å². The van der Waals surface area contributed by atoms with Gasteiger partial charge in [0.15, 0.2) is 0 Å². The minimum absolute atomic E-state index is 0.175. The van der Waals surface area contributed by atoms with E-state index in [0.29, 0.717) is 13.0 Å². The van der Waals surface area contributed by atoms with Crippen molar-refractivity contribution in [3.63, 3.8) is 0 Å². The van der Waals surface area contributed by atoms with Gasteiger partial charge in [0.25, 0.3) is 0 Å². The lowest BCUT2D eigenvalue weighted by molar-refractivity contribution is 0.225. The standard InChI is InChI=1S/C7H16FN/c1-3-6(2)7(8)4-5-9/h6-7H,3-5,9H2,1-2H3. The third kappa shape index (κ3) is 3.46. The molecule has 0 aromatic carbocycles. The van der Waals surface area contributed by atoms with Crippen molar-refractivity contribution in [1.82, 2.24) is 0 Å². The molecule has 0 aromatic heterocycles. The minimum Gasteiger partial charge on any atom is -0.330 e. The number of alkyl halides is 1. The first-order valence-corrected chi connectivity index (χ1v) is 3.56. The van der Waals surface area contributed by atoms with Crippen molar-refractivity contribution >= 4 is 0 Å². The van der Waals surface area contributed by atoms with E-state index in [1.165, 1.54) is 0 Å². The SMILES string of the molecule is CCC(C)C(F)CCN. The fourth-order valence-corrected chi connectivity index (χ4v) is 0.699. The molecule has 0 bridgehead atoms. The molecule has 2 unspecified atom stereocenters. The molecule has 2 N–H and O–H groups in total. The van der Waals surface area contributed by atoms with Gasteiger partial charge in [-0.3, -0.25) is 0 Å². The molecule has 0 aliphatic rings. The summed E-state index contributed by atoms with van der Waals surface area (Å²) in [5.74, 6) is 0.175. The Labute approximate surface area is 56.4 Å². The smallest absolute Gasteiger partial charge is 0.104 e. The van der Waals surface area contributed by atoms with E-state index in [-0.39, 0.29) is 5.92 Å². The van der Waals surface area contributed by atoms with Gasteiger partial charge in [-0.1, -0.05) is 20.3 Å². The molecule has 1 nitrogen and oxygen atoms in total. The van der Waals surface area contributed by atoms with E-state index in [9.17, 15) is 4.39 Å². The molecule has 0 aliphatic heterocycles. The second-order valence-corrected chi connectivity index (χ2v) is 2.48. The predicted octanol–water partition coefficient (Wildman–Crippen LogP) is 1.72. The Hall–Kier alpha value is -0.110. The van der Waals surface area contributed by atoms with Crippen molar-refractivity contribution < 1.29 is 4.39 Å². The number of hydrogen-bond acceptors (Lipinski definition) is 1. The van der Waals surface area contributed by atoms with Gasteiger partial charge >= 0.3 is 0 Å². The zero-order valence-corrected chi connectivity index (χ0v) is 6.23. The van der Waals surface area contributed by atoms with Crippen LogP contribution in [0, 0.1) is 5.92 Å². The van der Waals surface area contributed by atoms with Crippen LogP contribution in [0.2, 0.25) is 0 Å². The van der Waals surface area contributed by atoms with Crippen LogP contribution in [-0.2, 0) is 0 Å². The van der Waals surface area contributed by atoms with Gasteiger partial charge in [-0.15, -0.1) is 0 Å². The summed E-state index contributed by atoms with van der Waals surface area (Å²) in [6, 6.07) is 0. The summed E-state index contributed by atoms with van der Waals surface area (Å²) >= 11 is 0. The summed E-state index contributed by atoms with van der Waals surface area (Å²) in [7, 11) is 0. The lowest BCUT2D eigenvalue weighted by atomic mass is 10.0. The Morgan fingerprint density at radius 3 is 2.44 bits per heavy atom. The van der Waals surface area contributed by atoms with Crippen LogP contribution in [0.15, 0.2) is 0 Å². The lowest BCUT2D eigenvalue weighted by Crippen LogP contribution is -2.16. The Morgan fingerprint density at radius 2 is 2.11 bits per heavy atom. The van der Waals surface area contributed by atoms with Crippen LogP contribution in [-0.4, -0.2) is 12.7 Å². The van der Waals surface area contributed by atoms with Crippen LogP contribution < -0.4 is 5.73 Å². The van der Waals surface area contributed by atoms with E-state index in [1.54, 1.807) is 0 Å². The van der Waals surface area contributed by atoms with Crippen LogP contribution >= 0.6 is 0 Å². The van der Waals surface area contributed by atoms with Crippen molar-refractivity contribution in [3.05, 3.63) is 0 Å². The Kier molecular flexibility index (Phi) is 4.68. The molecular weight excluding hydrogens is 117 g/mol. The molecule has 0 spiro atoms. The summed E-state index contributed by atoms with van der Waals surface area (Å²) in [6.07, 6.45) is 0.718. The third-order valence-electron chi connectivity index (χ3n) is 1.70. The summed E-state index contributed by atoms with van der Waals surface area (Å²) in [5, 5.41) is 0. The number of rotatable bonds is 4. The average molecular weight is 133 g/mol. The van der Waals surface area contributed by atoms with Crippen molar-refractivity contribution in [3.8, 4) is 0 Å². The summed E-state index contributed by atoms with van der Waals surface area (Å²) in [6.45, 7) is 4.37. The topological polar surface area (TPSA) is 26.0 Å². The third-order valence-corrected chi connectivity index (χ3v) is 1.70. The normalized spacial score (nSPS) is 17.3. The fraction of sp³-hybridized carbons (Fsp3) is 1.00. The molecule has 0 rings (SSSR count). The highest BCUT2D eigenvalue weighted by Gasteiger charge is 2.11. The largest absolute Gasteiger partial charge is 0.330 e. The van der Waals surface area contributed by atoms with E-state index >= 15 is 0 Å². The van der Waals surface area contributed by atoms with Gasteiger partial charge in [-0.25, -0.2) is 4.39 Å². The van der Waals surface area contributed by atoms with E-state index in [2.05, 4.69) is 0 Å². The molecular formula is C7H16FN. The van der Waals surface area contributed by atoms with Crippen LogP contribution in [0.5, 0.6) is 0 Å². The Balaban J connectivity index is 3.32. The van der Waals surface area contributed by atoms with Gasteiger partial charge in [-0.05, 0) is 18.9 Å². The summed E-state index contributed by atoms with van der Waals surface area (Å²) in [4.78, 5) is 0. The zero-order chi connectivity index (χ0) is 7.28. The van der Waals surface area contributed by atoms with E-state index in [4.69, 9.17) is 5.73 Å². The molecule has 0 radical (unpaired) electrons. The molecule has 0 fully saturated rings. The predicted molar refractivity (Wildman–Crippen MR) is 38.0 cm³/mol. The van der Waals surface area contributed by atoms with Gasteiger partial charge < -0.3 is 5.73 Å². The molecule has 0 heterocycles. The summed E-state index contributed by atoms with van der Waals surface area (Å²) < 4.78 is 12.7. The van der Waals surface area contributed by atoms with Gasteiger partial charge in [0.05, 0.1) is 0 Å². The van der Waals surface area contributed by atoms with Crippen LogP contribution in [0.1, 0.15) is 26.7 Å². The Bertz CT molecular complexity index is 65.9. The van der Waals surface area contributed by atoms with E-state index < -0.39 is 6.17 Å². The lowest BCUT2D eigenvalue weighted by Gasteiger charge is -2.12. The highest BCUT2D eigenvalue weighted by molar-refractivity contribution is 4.62. The second-order valence-electron chi connectivity index (χ2n) is 2.48. The van der Waals surface area contributed by atoms with Gasteiger partial charge in [0.1, 0.15) is 6.17 Å². The van der Waals surface area contributed by atoms with Crippen LogP contribution in [0.25, 0.3) is 0 Å². The summed E-state index contributed by atoms with van der Waals surface area (Å²) in [5.41, 5.74) is 5.18. The highest BCUT2D eigenvalue weighted by Crippen LogP contribution is 2.13. The quantitative estimate of drug-likeness (QED) is 0.621. The number of halogens is 1. The van der Waals surface area contributed by atoms with Crippen molar-refractivity contribution in [1.29, 1.82) is 0 Å². The van der Waals surface area contributed by atoms with Crippen molar-refractivity contribution in [2.24, 2.45) is 11.7 Å². The maximum absolute atomic E-state index is 12.7. The molecule has 0 saturated heterocycles.